The van der Waals surface area contributed by atoms with Gasteiger partial charge in [0.1, 0.15) is 12.2 Å². The van der Waals surface area contributed by atoms with Gasteiger partial charge in [-0.05, 0) is 64.2 Å². The van der Waals surface area contributed by atoms with E-state index in [4.69, 9.17) is 0 Å². The third-order valence-corrected chi connectivity index (χ3v) is 11.1. The van der Waals surface area contributed by atoms with Gasteiger partial charge in [-0.2, -0.15) is 0 Å². The van der Waals surface area contributed by atoms with Crippen molar-refractivity contribution in [2.75, 3.05) is 6.61 Å². The highest BCUT2D eigenvalue weighted by atomic mass is 16.3. The molecule has 0 aromatic heterocycles. The van der Waals surface area contributed by atoms with Crippen LogP contribution in [0.3, 0.4) is 0 Å². The molecule has 4 atom stereocenters. The van der Waals surface area contributed by atoms with Crippen LogP contribution >= 0.6 is 0 Å². The van der Waals surface area contributed by atoms with Crippen LogP contribution in [-0.4, -0.2) is 57.3 Å². The lowest BCUT2D eigenvalue weighted by molar-refractivity contribution is -0.132. The van der Waals surface area contributed by atoms with E-state index in [1.165, 1.54) is 154 Å². The van der Waals surface area contributed by atoms with Crippen molar-refractivity contribution in [1.29, 1.82) is 0 Å². The van der Waals surface area contributed by atoms with Gasteiger partial charge in [-0.1, -0.05) is 211 Å². The average Bonchev–Trinajstić information content (AvgIpc) is 3.19. The molecule has 0 aliphatic rings. The number of nitrogens with one attached hydrogen (secondary N) is 1. The predicted molar refractivity (Wildman–Crippen MR) is 237 cm³/mol. The Labute approximate surface area is 341 Å². The van der Waals surface area contributed by atoms with E-state index in [1.807, 2.05) is 0 Å². The van der Waals surface area contributed by atoms with Crippen LogP contribution in [0.5, 0.6) is 0 Å². The standard InChI is InChI=1S/C49H93NO5/c1-3-5-7-9-11-13-15-17-18-19-20-21-22-23-24-25-26-27-28-29-30-31-33-34-36-38-40-42-46(52)48(54)45(44-51)50-49(55)47(53)43-41-39-37-35-32-16-14-12-10-8-6-4-2/h25-26,29-30,34,36,45-48,51-54H,3-24,27-28,31-33,35,37-44H2,1-2H3,(H,50,55)/b26-25+,30-29+,36-34+. The summed E-state index contributed by atoms with van der Waals surface area (Å²) in [7, 11) is 0. The molecule has 0 bridgehead atoms. The first-order chi connectivity index (χ1) is 27.0. The number of aliphatic hydroxyl groups is 4. The van der Waals surface area contributed by atoms with Crippen LogP contribution < -0.4 is 5.32 Å². The summed E-state index contributed by atoms with van der Waals surface area (Å²) >= 11 is 0. The van der Waals surface area contributed by atoms with E-state index >= 15 is 0 Å². The Kier molecular flexibility index (Phi) is 42.5. The monoisotopic (exact) mass is 776 g/mol. The molecule has 0 fully saturated rings. The molecule has 0 saturated heterocycles. The van der Waals surface area contributed by atoms with Gasteiger partial charge in [0.15, 0.2) is 0 Å². The molecule has 55 heavy (non-hydrogen) atoms. The zero-order chi connectivity index (χ0) is 40.3. The maximum Gasteiger partial charge on any atom is 0.249 e. The first-order valence-corrected chi connectivity index (χ1v) is 23.9. The molecule has 0 radical (unpaired) electrons. The summed E-state index contributed by atoms with van der Waals surface area (Å²) in [5.74, 6) is -0.600. The second-order valence-corrected chi connectivity index (χ2v) is 16.4. The van der Waals surface area contributed by atoms with E-state index in [-0.39, 0.29) is 0 Å². The zero-order valence-corrected chi connectivity index (χ0v) is 36.4. The molecule has 324 valence electrons. The first-order valence-electron chi connectivity index (χ1n) is 23.9. The van der Waals surface area contributed by atoms with Gasteiger partial charge in [-0.25, -0.2) is 0 Å². The van der Waals surface area contributed by atoms with Gasteiger partial charge in [0.05, 0.1) is 18.8 Å². The predicted octanol–water partition coefficient (Wildman–Crippen LogP) is 12.9. The lowest BCUT2D eigenvalue weighted by Gasteiger charge is -2.27. The Bertz CT molecular complexity index is 873. The third kappa shape index (κ3) is 37.8. The Morgan fingerprint density at radius 1 is 0.436 bits per heavy atom. The smallest absolute Gasteiger partial charge is 0.249 e. The zero-order valence-electron chi connectivity index (χ0n) is 36.4. The molecule has 4 unspecified atom stereocenters. The van der Waals surface area contributed by atoms with Crippen LogP contribution in [0.2, 0.25) is 0 Å². The van der Waals surface area contributed by atoms with Crippen molar-refractivity contribution in [3.8, 4) is 0 Å². The first kappa shape index (κ1) is 53.5. The summed E-state index contributed by atoms with van der Waals surface area (Å²) in [4.78, 5) is 12.5. The van der Waals surface area contributed by atoms with Crippen molar-refractivity contribution in [3.63, 3.8) is 0 Å². The number of unbranched alkanes of at least 4 members (excludes halogenated alkanes) is 28. The van der Waals surface area contributed by atoms with Gasteiger partial charge in [0.2, 0.25) is 5.91 Å². The van der Waals surface area contributed by atoms with E-state index in [9.17, 15) is 25.2 Å². The number of hydrogen-bond donors (Lipinski definition) is 5. The fourth-order valence-electron chi connectivity index (χ4n) is 7.26. The number of aliphatic hydroxyl groups excluding tert-OH is 4. The van der Waals surface area contributed by atoms with E-state index < -0.39 is 36.9 Å². The van der Waals surface area contributed by atoms with E-state index in [0.29, 0.717) is 19.3 Å². The molecule has 0 aromatic carbocycles. The number of rotatable bonds is 43. The number of carbonyl (C=O) groups excluding carboxylic acids is 1. The van der Waals surface area contributed by atoms with Crippen LogP contribution in [0.4, 0.5) is 0 Å². The molecule has 0 saturated carbocycles. The summed E-state index contributed by atoms with van der Waals surface area (Å²) in [6.07, 6.45) is 52.0. The van der Waals surface area contributed by atoms with Crippen LogP contribution in [-0.2, 0) is 4.79 Å². The number of allylic oxidation sites excluding steroid dienone is 6. The van der Waals surface area contributed by atoms with Crippen molar-refractivity contribution in [1.82, 2.24) is 5.32 Å². The second-order valence-electron chi connectivity index (χ2n) is 16.4. The fourth-order valence-corrected chi connectivity index (χ4v) is 7.26. The van der Waals surface area contributed by atoms with Crippen molar-refractivity contribution in [2.24, 2.45) is 0 Å². The Balaban J connectivity index is 3.75. The average molecular weight is 776 g/mol. The molecule has 5 N–H and O–H groups in total. The van der Waals surface area contributed by atoms with Crippen LogP contribution in [0.1, 0.15) is 239 Å². The van der Waals surface area contributed by atoms with Gasteiger partial charge in [-0.3, -0.25) is 4.79 Å². The van der Waals surface area contributed by atoms with Gasteiger partial charge in [-0.15, -0.1) is 0 Å². The van der Waals surface area contributed by atoms with Crippen molar-refractivity contribution in [3.05, 3.63) is 36.5 Å². The molecule has 0 aromatic rings. The topological polar surface area (TPSA) is 110 Å². The highest BCUT2D eigenvalue weighted by Crippen LogP contribution is 2.16. The number of amides is 1. The second kappa shape index (κ2) is 43.6. The van der Waals surface area contributed by atoms with Crippen LogP contribution in [0, 0.1) is 0 Å². The van der Waals surface area contributed by atoms with E-state index in [1.54, 1.807) is 0 Å². The molecule has 0 aliphatic carbocycles. The maximum atomic E-state index is 12.5. The Morgan fingerprint density at radius 3 is 1.15 bits per heavy atom. The van der Waals surface area contributed by atoms with Gasteiger partial charge >= 0.3 is 0 Å². The molecular weight excluding hydrogens is 683 g/mol. The SMILES string of the molecule is CCCCCCCCCCCCCCCC/C=C/CC/C=C/CC/C=C/CCCC(O)C(O)C(CO)NC(=O)C(O)CCCCCCCCCCCCCC. The molecule has 0 spiro atoms. The molecular formula is C49H93NO5. The minimum absolute atomic E-state index is 0.360. The van der Waals surface area contributed by atoms with Gasteiger partial charge in [0.25, 0.3) is 0 Å². The largest absolute Gasteiger partial charge is 0.394 e. The van der Waals surface area contributed by atoms with E-state index in [0.717, 1.165) is 51.4 Å². The summed E-state index contributed by atoms with van der Waals surface area (Å²) in [5.41, 5.74) is 0. The maximum absolute atomic E-state index is 12.5. The highest BCUT2D eigenvalue weighted by molar-refractivity contribution is 5.80. The van der Waals surface area contributed by atoms with Gasteiger partial charge in [0, 0.05) is 0 Å². The molecule has 0 aliphatic heterocycles. The molecule has 0 rings (SSSR count). The molecule has 6 nitrogen and oxygen atoms in total. The van der Waals surface area contributed by atoms with E-state index in [2.05, 4.69) is 55.6 Å². The Hall–Kier alpha value is -1.47. The van der Waals surface area contributed by atoms with Crippen molar-refractivity contribution < 1.29 is 25.2 Å². The summed E-state index contributed by atoms with van der Waals surface area (Å²) < 4.78 is 0. The summed E-state index contributed by atoms with van der Waals surface area (Å²) in [6.45, 7) is 4.03. The minimum Gasteiger partial charge on any atom is -0.394 e. The molecule has 0 heterocycles. The lowest BCUT2D eigenvalue weighted by Crippen LogP contribution is -2.53. The van der Waals surface area contributed by atoms with Gasteiger partial charge < -0.3 is 25.7 Å². The lowest BCUT2D eigenvalue weighted by atomic mass is 10.00. The summed E-state index contributed by atoms with van der Waals surface area (Å²) in [6, 6.07) is -1.01. The van der Waals surface area contributed by atoms with Crippen molar-refractivity contribution in [2.45, 2.75) is 263 Å². The third-order valence-electron chi connectivity index (χ3n) is 11.1. The number of hydrogen-bond acceptors (Lipinski definition) is 5. The minimum atomic E-state index is -1.29. The fraction of sp³-hybridized carbons (Fsp3) is 0.857. The molecule has 6 heteroatoms. The summed E-state index contributed by atoms with van der Waals surface area (Å²) in [5, 5.41) is 43.6. The van der Waals surface area contributed by atoms with Crippen LogP contribution in [0.25, 0.3) is 0 Å². The highest BCUT2D eigenvalue weighted by Gasteiger charge is 2.28. The normalized spacial score (nSPS) is 14.4. The van der Waals surface area contributed by atoms with Crippen LogP contribution in [0.15, 0.2) is 36.5 Å². The Morgan fingerprint density at radius 2 is 0.764 bits per heavy atom. The molecule has 1 amide bonds. The quantitative estimate of drug-likeness (QED) is 0.0313. The van der Waals surface area contributed by atoms with Crippen molar-refractivity contribution >= 4 is 5.91 Å². The number of carbonyl (C=O) groups is 1.